The maximum absolute atomic E-state index is 5.67. The van der Waals surface area contributed by atoms with Crippen molar-refractivity contribution in [2.24, 2.45) is 5.92 Å². The van der Waals surface area contributed by atoms with Gasteiger partial charge < -0.3 is 4.84 Å². The van der Waals surface area contributed by atoms with Gasteiger partial charge in [0, 0.05) is 24.2 Å². The number of aromatic nitrogens is 1. The number of allylic oxidation sites excluding steroid dienone is 2. The number of nitrogens with zero attached hydrogens (tertiary/aromatic N) is 1. The number of nitrogens with one attached hydrogen (secondary N) is 1. The second-order valence-corrected chi connectivity index (χ2v) is 7.16. The highest BCUT2D eigenvalue weighted by Gasteiger charge is 2.07. The van der Waals surface area contributed by atoms with Crippen LogP contribution in [-0.2, 0) is 0 Å². The third-order valence-corrected chi connectivity index (χ3v) is 4.76. The molecule has 0 radical (unpaired) electrons. The molecule has 2 aromatic rings. The fraction of sp³-hybridized carbons (Fsp3) is 0.526. The van der Waals surface area contributed by atoms with E-state index in [9.17, 15) is 0 Å². The van der Waals surface area contributed by atoms with E-state index in [0.717, 1.165) is 29.3 Å². The maximum Gasteiger partial charge on any atom is 0.148 e. The Morgan fingerprint density at radius 3 is 2.96 bits per heavy atom. The molecule has 1 aromatic carbocycles. The normalized spacial score (nSPS) is 12.3. The van der Waals surface area contributed by atoms with Crippen molar-refractivity contribution in [3.63, 3.8) is 0 Å². The number of benzene rings is 1. The van der Waals surface area contributed by atoms with Crippen molar-refractivity contribution in [2.45, 2.75) is 52.9 Å². The van der Waals surface area contributed by atoms with Crippen LogP contribution in [0.3, 0.4) is 0 Å². The highest BCUT2D eigenvalue weighted by molar-refractivity contribution is 7.13. The minimum atomic E-state index is 0.774. The van der Waals surface area contributed by atoms with Crippen molar-refractivity contribution in [1.82, 2.24) is 9.85 Å². The average molecular weight is 333 g/mol. The molecule has 3 nitrogen and oxygen atoms in total. The van der Waals surface area contributed by atoms with Crippen LogP contribution >= 0.6 is 11.5 Å². The van der Waals surface area contributed by atoms with E-state index in [4.69, 9.17) is 4.84 Å². The van der Waals surface area contributed by atoms with Gasteiger partial charge in [0.1, 0.15) is 5.75 Å². The molecule has 0 fully saturated rings. The molecular weight excluding hydrogens is 304 g/mol. The summed E-state index contributed by atoms with van der Waals surface area (Å²) in [7, 11) is 0. The van der Waals surface area contributed by atoms with Crippen molar-refractivity contribution in [2.75, 3.05) is 6.54 Å². The lowest BCUT2D eigenvalue weighted by atomic mass is 9.94. The molecule has 0 amide bonds. The van der Waals surface area contributed by atoms with Crippen LogP contribution in [0.1, 0.15) is 52.9 Å². The van der Waals surface area contributed by atoms with E-state index in [0.29, 0.717) is 0 Å². The molecule has 1 N–H and O–H groups in total. The summed E-state index contributed by atoms with van der Waals surface area (Å²) >= 11 is 1.50. The summed E-state index contributed by atoms with van der Waals surface area (Å²) in [6.07, 6.45) is 10.4. The van der Waals surface area contributed by atoms with Crippen molar-refractivity contribution in [3.05, 3.63) is 36.0 Å². The van der Waals surface area contributed by atoms with Gasteiger partial charge in [-0.3, -0.25) is 0 Å². The average Bonchev–Trinajstić information content (AvgIpc) is 2.98. The molecule has 4 heteroatoms. The highest BCUT2D eigenvalue weighted by Crippen LogP contribution is 2.23. The van der Waals surface area contributed by atoms with Crippen molar-refractivity contribution in [1.29, 1.82) is 0 Å². The Bertz CT molecular complexity index is 617. The zero-order valence-electron chi connectivity index (χ0n) is 14.5. The summed E-state index contributed by atoms with van der Waals surface area (Å²) < 4.78 is 5.35. The summed E-state index contributed by atoms with van der Waals surface area (Å²) in [6.45, 7) is 7.50. The van der Waals surface area contributed by atoms with Crippen LogP contribution in [0, 0.1) is 5.92 Å². The third kappa shape index (κ3) is 6.32. The quantitative estimate of drug-likeness (QED) is 0.342. The van der Waals surface area contributed by atoms with Crippen LogP contribution in [0.4, 0.5) is 0 Å². The molecule has 0 aliphatic carbocycles. The van der Waals surface area contributed by atoms with Crippen LogP contribution in [-0.4, -0.2) is 10.9 Å². The van der Waals surface area contributed by atoms with Crippen LogP contribution < -0.4 is 10.3 Å². The fourth-order valence-corrected chi connectivity index (χ4v) is 3.43. The van der Waals surface area contributed by atoms with Crippen LogP contribution in [0.5, 0.6) is 5.75 Å². The van der Waals surface area contributed by atoms with Crippen molar-refractivity contribution in [3.8, 4) is 5.75 Å². The molecule has 1 atom stereocenters. The number of hydrogen-bond acceptors (Lipinski definition) is 4. The second kappa shape index (κ2) is 9.68. The predicted octanol–water partition coefficient (Wildman–Crippen LogP) is 5.73. The molecule has 126 valence electrons. The van der Waals surface area contributed by atoms with Gasteiger partial charge >= 0.3 is 0 Å². The van der Waals surface area contributed by atoms with Gasteiger partial charge in [0.2, 0.25) is 0 Å². The molecule has 1 unspecified atom stereocenters. The standard InChI is InChI=1S/C19H28N2OS/c1-4-6-16(8-5-7-15(2)3)11-12-20-22-18-10-9-17-14-21-23-19(17)13-18/h7,9-10,13-14,16,20H,4-6,8,11-12H2,1-3H3. The Labute approximate surface area is 143 Å². The Hall–Kier alpha value is -1.39. The van der Waals surface area contributed by atoms with E-state index >= 15 is 0 Å². The highest BCUT2D eigenvalue weighted by atomic mass is 32.1. The number of hydroxylamine groups is 1. The largest absolute Gasteiger partial charge is 0.409 e. The van der Waals surface area contributed by atoms with Gasteiger partial charge in [-0.25, -0.2) is 0 Å². The number of rotatable bonds is 10. The number of fused-ring (bicyclic) bond motifs is 1. The zero-order chi connectivity index (χ0) is 16.5. The van der Waals surface area contributed by atoms with E-state index in [2.05, 4.69) is 42.8 Å². The Morgan fingerprint density at radius 1 is 1.30 bits per heavy atom. The first-order valence-corrected chi connectivity index (χ1v) is 9.34. The van der Waals surface area contributed by atoms with Gasteiger partial charge in [-0.05, 0) is 62.7 Å². The zero-order valence-corrected chi connectivity index (χ0v) is 15.3. The first-order chi connectivity index (χ1) is 11.2. The van der Waals surface area contributed by atoms with Crippen LogP contribution in [0.25, 0.3) is 10.1 Å². The van der Waals surface area contributed by atoms with E-state index < -0.39 is 0 Å². The molecule has 23 heavy (non-hydrogen) atoms. The Morgan fingerprint density at radius 2 is 2.17 bits per heavy atom. The Balaban J connectivity index is 1.72. The van der Waals surface area contributed by atoms with E-state index in [-0.39, 0.29) is 0 Å². The monoisotopic (exact) mass is 332 g/mol. The fourth-order valence-electron chi connectivity index (χ4n) is 2.75. The van der Waals surface area contributed by atoms with Crippen molar-refractivity contribution < 1.29 is 4.84 Å². The minimum absolute atomic E-state index is 0.774. The van der Waals surface area contributed by atoms with Gasteiger partial charge in [0.25, 0.3) is 0 Å². The van der Waals surface area contributed by atoms with E-state index in [1.54, 1.807) is 0 Å². The summed E-state index contributed by atoms with van der Waals surface area (Å²) in [6, 6.07) is 6.08. The third-order valence-electron chi connectivity index (χ3n) is 4.00. The van der Waals surface area contributed by atoms with Gasteiger partial charge in [-0.15, -0.1) is 0 Å². The number of hydrogen-bond donors (Lipinski definition) is 1. The van der Waals surface area contributed by atoms with Crippen LogP contribution in [0.2, 0.25) is 0 Å². The molecule has 0 spiro atoms. The lowest BCUT2D eigenvalue weighted by molar-refractivity contribution is 0.185. The molecule has 0 saturated heterocycles. The van der Waals surface area contributed by atoms with Gasteiger partial charge in [0.05, 0.1) is 4.70 Å². The molecule has 0 bridgehead atoms. The van der Waals surface area contributed by atoms with Crippen LogP contribution in [0.15, 0.2) is 36.0 Å². The smallest absolute Gasteiger partial charge is 0.148 e. The van der Waals surface area contributed by atoms with Crippen molar-refractivity contribution >= 4 is 21.6 Å². The molecule has 0 aliphatic rings. The van der Waals surface area contributed by atoms with E-state index in [1.807, 2.05) is 18.3 Å². The molecular formula is C19H28N2OS. The Kier molecular flexibility index (Phi) is 7.56. The molecule has 1 heterocycles. The first kappa shape index (κ1) is 18.0. The van der Waals surface area contributed by atoms with Gasteiger partial charge in [-0.1, -0.05) is 31.4 Å². The molecule has 2 rings (SSSR count). The predicted molar refractivity (Wildman–Crippen MR) is 99.9 cm³/mol. The summed E-state index contributed by atoms with van der Waals surface area (Å²) in [5.41, 5.74) is 4.53. The van der Waals surface area contributed by atoms with E-state index in [1.165, 1.54) is 48.2 Å². The summed E-state index contributed by atoms with van der Waals surface area (Å²) in [5.74, 6) is 1.63. The second-order valence-electron chi connectivity index (χ2n) is 6.32. The van der Waals surface area contributed by atoms with Gasteiger partial charge in [0.15, 0.2) is 0 Å². The lowest BCUT2D eigenvalue weighted by Crippen LogP contribution is -2.22. The SMILES string of the molecule is CCCC(CCC=C(C)C)CCNOc1ccc2cnsc2c1. The molecule has 0 saturated carbocycles. The minimum Gasteiger partial charge on any atom is -0.409 e. The van der Waals surface area contributed by atoms with Gasteiger partial charge in [-0.2, -0.15) is 9.85 Å². The molecule has 1 aromatic heterocycles. The molecule has 0 aliphatic heterocycles. The lowest BCUT2D eigenvalue weighted by Gasteiger charge is -2.16. The summed E-state index contributed by atoms with van der Waals surface area (Å²) in [5, 5.41) is 1.17. The topological polar surface area (TPSA) is 34.1 Å². The first-order valence-electron chi connectivity index (χ1n) is 8.56. The summed E-state index contributed by atoms with van der Waals surface area (Å²) in [4.78, 5) is 5.67. The maximum atomic E-state index is 5.67.